The zero-order valence-electron chi connectivity index (χ0n) is 23.7. The molecule has 1 aliphatic rings. The third-order valence-electron chi connectivity index (χ3n) is 8.27. The van der Waals surface area contributed by atoms with E-state index >= 15 is 0 Å². The van der Waals surface area contributed by atoms with Crippen molar-refractivity contribution in [1.29, 1.82) is 0 Å². The molecule has 0 saturated heterocycles. The minimum absolute atomic E-state index is 0.0695. The number of benzene rings is 4. The smallest absolute Gasteiger partial charge is 0.335 e. The zero-order chi connectivity index (χ0) is 27.8. The van der Waals surface area contributed by atoms with Crippen molar-refractivity contribution in [2.24, 2.45) is 0 Å². The summed E-state index contributed by atoms with van der Waals surface area (Å²) >= 11 is 0. The molecule has 1 aliphatic carbocycles. The molecule has 0 amide bonds. The normalized spacial score (nSPS) is 15.4. The number of hydrogen-bond donors (Lipinski definition) is 1. The molecule has 5 rings (SSSR count). The molecule has 0 unspecified atom stereocenters. The quantitative estimate of drug-likeness (QED) is 0.265. The van der Waals surface area contributed by atoms with Crippen molar-refractivity contribution in [2.45, 2.75) is 64.7 Å². The molecular formula is C36H38O3. The Morgan fingerprint density at radius 3 is 1.95 bits per heavy atom. The van der Waals surface area contributed by atoms with Gasteiger partial charge in [-0.25, -0.2) is 4.79 Å². The Bertz CT molecular complexity index is 1490. The number of hydrogen-bond acceptors (Lipinski definition) is 2. The van der Waals surface area contributed by atoms with E-state index in [1.54, 1.807) is 12.1 Å². The van der Waals surface area contributed by atoms with Gasteiger partial charge < -0.3 is 9.84 Å². The van der Waals surface area contributed by atoms with Crippen molar-refractivity contribution < 1.29 is 14.6 Å². The van der Waals surface area contributed by atoms with Crippen LogP contribution < -0.4 is 4.74 Å². The summed E-state index contributed by atoms with van der Waals surface area (Å²) in [5.41, 5.74) is 9.78. The minimum Gasteiger partial charge on any atom is -0.493 e. The molecule has 0 aromatic heterocycles. The van der Waals surface area contributed by atoms with E-state index in [2.05, 4.69) is 89.2 Å². The first kappa shape index (κ1) is 26.7. The predicted octanol–water partition coefficient (Wildman–Crippen LogP) is 9.52. The highest BCUT2D eigenvalue weighted by Crippen LogP contribution is 2.50. The van der Waals surface area contributed by atoms with Gasteiger partial charge in [-0.3, -0.25) is 0 Å². The van der Waals surface area contributed by atoms with Crippen LogP contribution in [0.15, 0.2) is 84.9 Å². The second kappa shape index (κ2) is 10.4. The molecule has 0 heterocycles. The summed E-state index contributed by atoms with van der Waals surface area (Å²) in [5, 5.41) is 9.36. The van der Waals surface area contributed by atoms with Crippen LogP contribution in [0.25, 0.3) is 33.4 Å². The summed E-state index contributed by atoms with van der Waals surface area (Å²) in [6, 6.07) is 28.8. The monoisotopic (exact) mass is 518 g/mol. The topological polar surface area (TPSA) is 46.5 Å². The third kappa shape index (κ3) is 5.23. The highest BCUT2D eigenvalue weighted by molar-refractivity contribution is 5.91. The third-order valence-corrected chi connectivity index (χ3v) is 8.27. The fourth-order valence-electron chi connectivity index (χ4n) is 5.76. The Balaban J connectivity index is 1.77. The predicted molar refractivity (Wildman–Crippen MR) is 161 cm³/mol. The largest absolute Gasteiger partial charge is 0.493 e. The molecule has 0 spiro atoms. The molecule has 0 atom stereocenters. The Labute approximate surface area is 232 Å². The van der Waals surface area contributed by atoms with Crippen LogP contribution in [0.4, 0.5) is 0 Å². The highest BCUT2D eigenvalue weighted by atomic mass is 16.5. The molecule has 1 N–H and O–H groups in total. The van der Waals surface area contributed by atoms with Crippen LogP contribution in [0.5, 0.6) is 5.75 Å². The van der Waals surface area contributed by atoms with Crippen LogP contribution in [-0.2, 0) is 10.8 Å². The summed E-state index contributed by atoms with van der Waals surface area (Å²) in [6.45, 7) is 12.2. The van der Waals surface area contributed by atoms with E-state index in [0.29, 0.717) is 6.61 Å². The summed E-state index contributed by atoms with van der Waals surface area (Å²) in [7, 11) is 0. The first-order chi connectivity index (χ1) is 18.6. The van der Waals surface area contributed by atoms with Gasteiger partial charge >= 0.3 is 5.97 Å². The molecule has 4 aromatic rings. The number of aromatic carboxylic acids is 1. The summed E-state index contributed by atoms with van der Waals surface area (Å²) in [6.07, 6.45) is 3.23. The number of fused-ring (bicyclic) bond motifs is 1. The maximum Gasteiger partial charge on any atom is 0.335 e. The lowest BCUT2D eigenvalue weighted by Crippen LogP contribution is -2.34. The maximum atomic E-state index is 11.4. The number of carbonyl (C=O) groups is 1. The first-order valence-electron chi connectivity index (χ1n) is 14.0. The molecule has 200 valence electrons. The molecule has 4 aromatic carbocycles. The Kier molecular flexibility index (Phi) is 7.11. The number of ether oxygens (including phenoxy) is 1. The van der Waals surface area contributed by atoms with Gasteiger partial charge in [-0.1, -0.05) is 89.2 Å². The first-order valence-corrected chi connectivity index (χ1v) is 14.0. The van der Waals surface area contributed by atoms with Crippen molar-refractivity contribution >= 4 is 5.97 Å². The molecule has 3 nitrogen and oxygen atoms in total. The molecule has 39 heavy (non-hydrogen) atoms. The SMILES string of the molecule is CCCOc1cc2c(cc1-c1cc(-c3ccc(C(=O)O)cc3)ccc1-c1ccccc1)C(C)(C)CCC2(C)C. The summed E-state index contributed by atoms with van der Waals surface area (Å²) in [5.74, 6) is 0.0101. The molecule has 3 heteroatoms. The van der Waals surface area contributed by atoms with Crippen molar-refractivity contribution in [2.75, 3.05) is 6.61 Å². The molecule has 0 aliphatic heterocycles. The van der Waals surface area contributed by atoms with Gasteiger partial charge in [0.2, 0.25) is 0 Å². The van der Waals surface area contributed by atoms with E-state index in [1.807, 2.05) is 18.2 Å². The van der Waals surface area contributed by atoms with E-state index in [9.17, 15) is 9.90 Å². The van der Waals surface area contributed by atoms with E-state index in [4.69, 9.17) is 4.74 Å². The Morgan fingerprint density at radius 2 is 1.33 bits per heavy atom. The maximum absolute atomic E-state index is 11.4. The van der Waals surface area contributed by atoms with Gasteiger partial charge in [-0.2, -0.15) is 0 Å². The van der Waals surface area contributed by atoms with Gasteiger partial charge in [0.05, 0.1) is 12.2 Å². The Morgan fingerprint density at radius 1 is 0.718 bits per heavy atom. The van der Waals surface area contributed by atoms with Crippen molar-refractivity contribution in [3.63, 3.8) is 0 Å². The lowest BCUT2D eigenvalue weighted by atomic mass is 9.62. The second-order valence-corrected chi connectivity index (χ2v) is 12.0. The fraction of sp³-hybridized carbons (Fsp3) is 0.306. The van der Waals surface area contributed by atoms with Gasteiger partial charge in [-0.15, -0.1) is 0 Å². The lowest BCUT2D eigenvalue weighted by Gasteiger charge is -2.42. The van der Waals surface area contributed by atoms with E-state index in [1.165, 1.54) is 11.1 Å². The fourth-order valence-corrected chi connectivity index (χ4v) is 5.76. The van der Waals surface area contributed by atoms with Crippen molar-refractivity contribution in [3.8, 4) is 39.1 Å². The number of carboxylic acids is 1. The molecule has 0 bridgehead atoms. The van der Waals surface area contributed by atoms with E-state index in [0.717, 1.165) is 58.4 Å². The van der Waals surface area contributed by atoms with Gasteiger partial charge in [0.25, 0.3) is 0 Å². The van der Waals surface area contributed by atoms with E-state index < -0.39 is 5.97 Å². The highest BCUT2D eigenvalue weighted by Gasteiger charge is 2.38. The Hall–Kier alpha value is -3.85. The molecule has 0 saturated carbocycles. The van der Waals surface area contributed by atoms with Gasteiger partial charge in [0, 0.05) is 5.56 Å². The molecule has 0 radical (unpaired) electrons. The van der Waals surface area contributed by atoms with Gasteiger partial charge in [0.15, 0.2) is 0 Å². The second-order valence-electron chi connectivity index (χ2n) is 12.0. The summed E-state index contributed by atoms with van der Waals surface area (Å²) in [4.78, 5) is 11.4. The molecular weight excluding hydrogens is 480 g/mol. The van der Waals surface area contributed by atoms with Crippen LogP contribution in [-0.4, -0.2) is 17.7 Å². The van der Waals surface area contributed by atoms with Gasteiger partial charge in [-0.05, 0) is 99.4 Å². The number of carboxylic acid groups (broad SMARTS) is 1. The minimum atomic E-state index is -0.918. The van der Waals surface area contributed by atoms with Crippen LogP contribution in [0.2, 0.25) is 0 Å². The van der Waals surface area contributed by atoms with Crippen LogP contribution >= 0.6 is 0 Å². The standard InChI is InChI=1S/C36H38O3/c1-6-20-39-33-23-32-31(35(2,3)18-19-36(32,4)5)22-30(33)29-21-27(24-12-14-26(15-13-24)34(37)38)16-17-28(29)25-10-8-7-9-11-25/h7-17,21-23H,6,18-20H2,1-5H3,(H,37,38). The van der Waals surface area contributed by atoms with E-state index in [-0.39, 0.29) is 16.4 Å². The number of rotatable bonds is 7. The zero-order valence-corrected chi connectivity index (χ0v) is 23.7. The molecule has 0 fully saturated rings. The van der Waals surface area contributed by atoms with Gasteiger partial charge in [0.1, 0.15) is 5.75 Å². The average molecular weight is 519 g/mol. The van der Waals surface area contributed by atoms with Crippen molar-refractivity contribution in [3.05, 3.63) is 102 Å². The lowest BCUT2D eigenvalue weighted by molar-refractivity contribution is 0.0697. The van der Waals surface area contributed by atoms with Crippen LogP contribution in [0, 0.1) is 0 Å². The van der Waals surface area contributed by atoms with Crippen LogP contribution in [0.1, 0.15) is 75.4 Å². The van der Waals surface area contributed by atoms with Crippen molar-refractivity contribution in [1.82, 2.24) is 0 Å². The van der Waals surface area contributed by atoms with Crippen LogP contribution in [0.3, 0.4) is 0 Å². The average Bonchev–Trinajstić information content (AvgIpc) is 2.94. The summed E-state index contributed by atoms with van der Waals surface area (Å²) < 4.78 is 6.48.